The summed E-state index contributed by atoms with van der Waals surface area (Å²) in [5.74, 6) is 0.581. The van der Waals surface area contributed by atoms with Crippen molar-refractivity contribution in [1.82, 2.24) is 0 Å². The molecule has 0 aromatic heterocycles. The monoisotopic (exact) mass is 326 g/mol. The molecule has 5 nitrogen and oxygen atoms in total. The van der Waals surface area contributed by atoms with Crippen molar-refractivity contribution < 1.29 is 14.6 Å². The fourth-order valence-corrected chi connectivity index (χ4v) is 2.81. The lowest BCUT2D eigenvalue weighted by atomic mass is 10.1. The third-order valence-electron chi connectivity index (χ3n) is 4.06. The van der Waals surface area contributed by atoms with E-state index in [1.165, 1.54) is 0 Å². The Hall–Kier alpha value is -2.53. The number of carbonyl (C=O) groups is 1. The second-order valence-electron chi connectivity index (χ2n) is 6.09. The van der Waals surface area contributed by atoms with E-state index >= 15 is 0 Å². The van der Waals surface area contributed by atoms with Crippen LogP contribution in [0.1, 0.15) is 6.92 Å². The van der Waals surface area contributed by atoms with E-state index in [0.29, 0.717) is 13.1 Å². The summed E-state index contributed by atoms with van der Waals surface area (Å²) in [6.07, 6.45) is -0.654. The number of carbonyl (C=O) groups excluding carboxylic acids is 1. The van der Waals surface area contributed by atoms with Crippen molar-refractivity contribution in [2.24, 2.45) is 5.92 Å². The molecule has 2 N–H and O–H groups in total. The van der Waals surface area contributed by atoms with Crippen LogP contribution in [0.3, 0.4) is 0 Å². The molecule has 1 heterocycles. The van der Waals surface area contributed by atoms with Crippen LogP contribution in [0.2, 0.25) is 0 Å². The van der Waals surface area contributed by atoms with Crippen LogP contribution in [0.25, 0.3) is 0 Å². The minimum absolute atomic E-state index is 0.0000228. The first-order valence-corrected chi connectivity index (χ1v) is 8.14. The van der Waals surface area contributed by atoms with Crippen molar-refractivity contribution in [2.45, 2.75) is 13.0 Å². The summed E-state index contributed by atoms with van der Waals surface area (Å²) < 4.78 is 5.62. The highest BCUT2D eigenvalue weighted by Gasteiger charge is 2.26. The number of aliphatic hydroxyl groups is 1. The van der Waals surface area contributed by atoms with Crippen LogP contribution < -0.4 is 15.0 Å². The quantitative estimate of drug-likeness (QED) is 0.886. The number of nitrogens with one attached hydrogen (secondary N) is 1. The van der Waals surface area contributed by atoms with Gasteiger partial charge in [0.25, 0.3) is 0 Å². The van der Waals surface area contributed by atoms with E-state index in [0.717, 1.165) is 17.1 Å². The van der Waals surface area contributed by atoms with Crippen LogP contribution >= 0.6 is 0 Å². The molecule has 0 bridgehead atoms. The molecule has 0 aliphatic carbocycles. The average molecular weight is 326 g/mol. The van der Waals surface area contributed by atoms with E-state index in [1.54, 1.807) is 0 Å². The maximum absolute atomic E-state index is 12.1. The largest absolute Gasteiger partial charge is 0.491 e. The number of β-amino-alcohol motifs (C(OH)–C–C–N with tert-alkyl or cyclic N) is 1. The van der Waals surface area contributed by atoms with Crippen LogP contribution in [0, 0.1) is 5.92 Å². The summed E-state index contributed by atoms with van der Waals surface area (Å²) in [6.45, 7) is 3.06. The van der Waals surface area contributed by atoms with Gasteiger partial charge in [-0.05, 0) is 24.3 Å². The highest BCUT2D eigenvalue weighted by Crippen LogP contribution is 2.29. The molecule has 0 saturated carbocycles. The van der Waals surface area contributed by atoms with Crippen molar-refractivity contribution in [2.75, 3.05) is 29.9 Å². The fraction of sp³-hybridized carbons (Fsp3) is 0.316. The molecule has 1 aliphatic rings. The molecule has 2 aromatic rings. The van der Waals surface area contributed by atoms with E-state index < -0.39 is 6.10 Å². The van der Waals surface area contributed by atoms with Gasteiger partial charge in [0, 0.05) is 13.1 Å². The molecule has 0 fully saturated rings. The summed E-state index contributed by atoms with van der Waals surface area (Å²) in [7, 11) is 0. The first-order valence-electron chi connectivity index (χ1n) is 8.14. The van der Waals surface area contributed by atoms with Crippen molar-refractivity contribution in [1.29, 1.82) is 0 Å². The zero-order valence-electron chi connectivity index (χ0n) is 13.7. The number of para-hydroxylation sites is 3. The smallest absolute Gasteiger partial charge is 0.229 e. The lowest BCUT2D eigenvalue weighted by molar-refractivity contribution is -0.119. The van der Waals surface area contributed by atoms with E-state index in [9.17, 15) is 9.90 Å². The third-order valence-corrected chi connectivity index (χ3v) is 4.06. The Morgan fingerprint density at radius 3 is 2.71 bits per heavy atom. The average Bonchev–Trinajstić information content (AvgIpc) is 2.71. The number of nitrogens with zero attached hydrogens (tertiary/aromatic N) is 1. The Morgan fingerprint density at radius 2 is 1.92 bits per heavy atom. The molecule has 0 spiro atoms. The highest BCUT2D eigenvalue weighted by atomic mass is 16.5. The first-order chi connectivity index (χ1) is 11.6. The fourth-order valence-electron chi connectivity index (χ4n) is 2.81. The van der Waals surface area contributed by atoms with Gasteiger partial charge >= 0.3 is 0 Å². The van der Waals surface area contributed by atoms with Crippen molar-refractivity contribution in [3.63, 3.8) is 0 Å². The van der Waals surface area contributed by atoms with Crippen LogP contribution in [-0.4, -0.2) is 36.8 Å². The second-order valence-corrected chi connectivity index (χ2v) is 6.09. The lowest BCUT2D eigenvalue weighted by Gasteiger charge is -2.28. The van der Waals surface area contributed by atoms with Crippen LogP contribution in [0.4, 0.5) is 11.4 Å². The Morgan fingerprint density at radius 1 is 1.21 bits per heavy atom. The number of hydrogen-bond donors (Lipinski definition) is 2. The zero-order valence-corrected chi connectivity index (χ0v) is 13.7. The third kappa shape index (κ3) is 3.86. The van der Waals surface area contributed by atoms with Crippen molar-refractivity contribution >= 4 is 17.3 Å². The van der Waals surface area contributed by atoms with Gasteiger partial charge in [-0.1, -0.05) is 37.3 Å². The number of fused-ring (bicyclic) bond motifs is 1. The summed E-state index contributed by atoms with van der Waals surface area (Å²) >= 11 is 0. The summed E-state index contributed by atoms with van der Waals surface area (Å²) in [5.41, 5.74) is 1.71. The molecule has 5 heteroatoms. The van der Waals surface area contributed by atoms with Gasteiger partial charge in [-0.25, -0.2) is 0 Å². The molecule has 1 amide bonds. The normalized spacial score (nSPS) is 18.3. The van der Waals surface area contributed by atoms with Crippen molar-refractivity contribution in [3.05, 3.63) is 54.6 Å². The van der Waals surface area contributed by atoms with Crippen LogP contribution in [0.15, 0.2) is 54.6 Å². The molecule has 126 valence electrons. The van der Waals surface area contributed by atoms with E-state index in [-0.39, 0.29) is 18.4 Å². The number of amides is 1. The second kappa shape index (κ2) is 7.36. The number of hydrogen-bond acceptors (Lipinski definition) is 4. The topological polar surface area (TPSA) is 61.8 Å². The number of benzene rings is 2. The molecule has 0 radical (unpaired) electrons. The zero-order chi connectivity index (χ0) is 16.9. The lowest BCUT2D eigenvalue weighted by Crippen LogP contribution is -2.38. The molecule has 0 saturated heterocycles. The van der Waals surface area contributed by atoms with Crippen LogP contribution in [-0.2, 0) is 4.79 Å². The Bertz CT molecular complexity index is 690. The highest BCUT2D eigenvalue weighted by molar-refractivity contribution is 5.97. The molecule has 2 atom stereocenters. The number of anilines is 2. The maximum atomic E-state index is 12.1. The Labute approximate surface area is 141 Å². The van der Waals surface area contributed by atoms with Crippen LogP contribution in [0.5, 0.6) is 5.75 Å². The molecule has 2 aromatic carbocycles. The summed E-state index contributed by atoms with van der Waals surface area (Å²) in [4.78, 5) is 14.1. The van der Waals surface area contributed by atoms with Gasteiger partial charge in [-0.2, -0.15) is 0 Å². The van der Waals surface area contributed by atoms with Gasteiger partial charge in [0.05, 0.1) is 17.3 Å². The minimum atomic E-state index is -0.654. The van der Waals surface area contributed by atoms with E-state index in [4.69, 9.17) is 4.74 Å². The van der Waals surface area contributed by atoms with E-state index in [1.807, 2.05) is 66.4 Å². The van der Waals surface area contributed by atoms with Gasteiger partial charge in [-0.3, -0.25) is 4.79 Å². The minimum Gasteiger partial charge on any atom is -0.491 e. The van der Waals surface area contributed by atoms with Gasteiger partial charge in [0.1, 0.15) is 18.5 Å². The van der Waals surface area contributed by atoms with Gasteiger partial charge in [0.15, 0.2) is 0 Å². The summed E-state index contributed by atoms with van der Waals surface area (Å²) in [6, 6.07) is 17.1. The molecule has 24 heavy (non-hydrogen) atoms. The maximum Gasteiger partial charge on any atom is 0.229 e. The number of rotatable bonds is 5. The molecular weight excluding hydrogens is 304 g/mol. The van der Waals surface area contributed by atoms with E-state index in [2.05, 4.69) is 5.32 Å². The molecular formula is C19H22N2O3. The molecule has 3 rings (SSSR count). The number of ether oxygens (including phenoxy) is 1. The molecule has 2 unspecified atom stereocenters. The molecule has 1 aliphatic heterocycles. The van der Waals surface area contributed by atoms with Gasteiger partial charge in [0.2, 0.25) is 5.91 Å². The number of aliphatic hydroxyl groups excluding tert-OH is 1. The SMILES string of the molecule is CC1CN(CC(O)COc2ccccc2)c2ccccc2NC1=O. The summed E-state index contributed by atoms with van der Waals surface area (Å²) in [5, 5.41) is 13.3. The van der Waals surface area contributed by atoms with Gasteiger partial charge < -0.3 is 20.1 Å². The predicted octanol–water partition coefficient (Wildman–Crippen LogP) is 2.52. The standard InChI is InChI=1S/C19H22N2O3/c1-14-11-21(18-10-6-5-9-17(18)20-19(14)23)12-15(22)13-24-16-7-3-2-4-8-16/h2-10,14-15,22H,11-13H2,1H3,(H,20,23). The Kier molecular flexibility index (Phi) is 5.01. The van der Waals surface area contributed by atoms with Gasteiger partial charge in [-0.15, -0.1) is 0 Å². The Balaban J connectivity index is 1.67. The first kappa shape index (κ1) is 16.3. The van der Waals surface area contributed by atoms with Crippen molar-refractivity contribution in [3.8, 4) is 5.75 Å². The predicted molar refractivity (Wildman–Crippen MR) is 94.4 cm³/mol.